The lowest BCUT2D eigenvalue weighted by Crippen LogP contribution is -2.36. The van der Waals surface area contributed by atoms with Crippen LogP contribution in [0.3, 0.4) is 0 Å². The van der Waals surface area contributed by atoms with E-state index in [9.17, 15) is 5.11 Å². The van der Waals surface area contributed by atoms with Gasteiger partial charge in [-0.25, -0.2) is 4.98 Å². The zero-order chi connectivity index (χ0) is 13.7. The molecule has 0 fully saturated rings. The van der Waals surface area contributed by atoms with Gasteiger partial charge in [-0.3, -0.25) is 0 Å². The number of hydrogen-bond acceptors (Lipinski definition) is 5. The molecule has 0 spiro atoms. The Bertz CT molecular complexity index is 512. The van der Waals surface area contributed by atoms with Gasteiger partial charge in [0.1, 0.15) is 5.52 Å². The number of likely N-dealkylation sites (N-methyl/N-ethyl adjacent to an activating group) is 1. The first-order valence-corrected chi connectivity index (χ1v) is 6.48. The number of aliphatic hydroxyl groups excluding tert-OH is 2. The van der Waals surface area contributed by atoms with Crippen LogP contribution in [0.15, 0.2) is 29.0 Å². The van der Waals surface area contributed by atoms with Crippen molar-refractivity contribution in [1.82, 2.24) is 9.88 Å². The number of fused-ring (bicyclic) bond motifs is 1. The van der Waals surface area contributed by atoms with Crippen LogP contribution in [-0.4, -0.2) is 52.9 Å². The third kappa shape index (κ3) is 3.53. The molecular formula is C14H20N2O3. The molecule has 5 nitrogen and oxygen atoms in total. The Labute approximate surface area is 112 Å². The highest BCUT2D eigenvalue weighted by Gasteiger charge is 2.12. The molecule has 2 N–H and O–H groups in total. The molecule has 1 aromatic carbocycles. The predicted molar refractivity (Wildman–Crippen MR) is 72.9 cm³/mol. The van der Waals surface area contributed by atoms with Crippen molar-refractivity contribution in [3.63, 3.8) is 0 Å². The van der Waals surface area contributed by atoms with E-state index in [-0.39, 0.29) is 19.3 Å². The first kappa shape index (κ1) is 14.0. The van der Waals surface area contributed by atoms with E-state index in [4.69, 9.17) is 9.52 Å². The zero-order valence-corrected chi connectivity index (χ0v) is 11.1. The second-order valence-corrected chi connectivity index (χ2v) is 4.73. The second kappa shape index (κ2) is 6.65. The van der Waals surface area contributed by atoms with Crippen LogP contribution in [0.25, 0.3) is 11.1 Å². The fourth-order valence-corrected chi connectivity index (χ4v) is 2.14. The van der Waals surface area contributed by atoms with Crippen LogP contribution in [0, 0.1) is 0 Å². The Morgan fingerprint density at radius 2 is 2.21 bits per heavy atom. The molecule has 1 atom stereocenters. The van der Waals surface area contributed by atoms with Crippen molar-refractivity contribution in [2.75, 3.05) is 26.8 Å². The highest BCUT2D eigenvalue weighted by molar-refractivity contribution is 5.72. The van der Waals surface area contributed by atoms with Gasteiger partial charge in [0, 0.05) is 19.2 Å². The average Bonchev–Trinajstić information content (AvgIpc) is 2.89. The summed E-state index contributed by atoms with van der Waals surface area (Å²) in [5, 5.41) is 18.2. The number of rotatable bonds is 7. The molecule has 0 bridgehead atoms. The monoisotopic (exact) mass is 264 g/mol. The Morgan fingerprint density at radius 3 is 2.95 bits per heavy atom. The number of benzene rings is 1. The number of nitrogens with zero attached hydrogens (tertiary/aromatic N) is 2. The summed E-state index contributed by atoms with van der Waals surface area (Å²) < 4.78 is 5.27. The van der Waals surface area contributed by atoms with Gasteiger partial charge in [-0.15, -0.1) is 0 Å². The Hall–Kier alpha value is -1.43. The van der Waals surface area contributed by atoms with E-state index in [1.54, 1.807) is 0 Å². The number of aromatic nitrogens is 1. The predicted octanol–water partition coefficient (Wildman–Crippen LogP) is 1.05. The van der Waals surface area contributed by atoms with Crippen LogP contribution in [-0.2, 0) is 6.42 Å². The molecule has 104 valence electrons. The summed E-state index contributed by atoms with van der Waals surface area (Å²) in [6, 6.07) is 6.00. The largest absolute Gasteiger partial charge is 0.443 e. The maximum atomic E-state index is 9.26. The molecule has 0 aliphatic carbocycles. The third-order valence-corrected chi connectivity index (χ3v) is 3.45. The minimum atomic E-state index is 0.0130. The number of aliphatic hydroxyl groups is 2. The minimum Gasteiger partial charge on any atom is -0.443 e. The van der Waals surface area contributed by atoms with Crippen molar-refractivity contribution in [2.45, 2.75) is 18.9 Å². The highest BCUT2D eigenvalue weighted by Crippen LogP contribution is 2.15. The summed E-state index contributed by atoms with van der Waals surface area (Å²) in [7, 11) is 1.96. The van der Waals surface area contributed by atoms with E-state index in [2.05, 4.69) is 9.88 Å². The number of hydrogen-bond donors (Lipinski definition) is 2. The molecule has 1 heterocycles. The molecule has 1 aromatic heterocycles. The van der Waals surface area contributed by atoms with Gasteiger partial charge in [-0.05, 0) is 37.6 Å². The Kier molecular flexibility index (Phi) is 4.90. The van der Waals surface area contributed by atoms with E-state index in [0.29, 0.717) is 6.42 Å². The van der Waals surface area contributed by atoms with Gasteiger partial charge in [-0.2, -0.15) is 0 Å². The molecule has 2 rings (SSSR count). The first-order chi connectivity index (χ1) is 9.24. The van der Waals surface area contributed by atoms with Gasteiger partial charge in [0.2, 0.25) is 0 Å². The second-order valence-electron chi connectivity index (χ2n) is 4.73. The maximum Gasteiger partial charge on any atom is 0.181 e. The van der Waals surface area contributed by atoms with Crippen molar-refractivity contribution in [3.05, 3.63) is 30.2 Å². The van der Waals surface area contributed by atoms with Crippen molar-refractivity contribution in [1.29, 1.82) is 0 Å². The van der Waals surface area contributed by atoms with E-state index < -0.39 is 0 Å². The third-order valence-electron chi connectivity index (χ3n) is 3.45. The Morgan fingerprint density at radius 1 is 1.37 bits per heavy atom. The lowest BCUT2D eigenvalue weighted by Gasteiger charge is -2.25. The molecule has 0 aliphatic heterocycles. The summed E-state index contributed by atoms with van der Waals surface area (Å²) in [5.74, 6) is 0. The Balaban J connectivity index is 1.93. The molecule has 19 heavy (non-hydrogen) atoms. The van der Waals surface area contributed by atoms with Crippen LogP contribution >= 0.6 is 0 Å². The molecule has 0 saturated carbocycles. The topological polar surface area (TPSA) is 69.7 Å². The van der Waals surface area contributed by atoms with E-state index >= 15 is 0 Å². The number of oxazole rings is 1. The standard InChI is InChI=1S/C14H20N2O3/c1-16(12(9-18)5-7-17)6-4-11-2-3-13-14(8-11)19-10-15-13/h2-3,8,10,12,17-18H,4-7,9H2,1H3. The zero-order valence-electron chi connectivity index (χ0n) is 11.1. The van der Waals surface area contributed by atoms with Crippen LogP contribution in [0.2, 0.25) is 0 Å². The molecule has 1 unspecified atom stereocenters. The van der Waals surface area contributed by atoms with Crippen LogP contribution in [0.5, 0.6) is 0 Å². The molecular weight excluding hydrogens is 244 g/mol. The smallest absolute Gasteiger partial charge is 0.181 e. The van der Waals surface area contributed by atoms with Crippen LogP contribution in [0.4, 0.5) is 0 Å². The summed E-state index contributed by atoms with van der Waals surface area (Å²) in [6.45, 7) is 0.989. The molecule has 0 radical (unpaired) electrons. The van der Waals surface area contributed by atoms with Crippen molar-refractivity contribution in [3.8, 4) is 0 Å². The maximum absolute atomic E-state index is 9.26. The van der Waals surface area contributed by atoms with Gasteiger partial charge in [-0.1, -0.05) is 6.07 Å². The summed E-state index contributed by atoms with van der Waals surface area (Å²) >= 11 is 0. The summed E-state index contributed by atoms with van der Waals surface area (Å²) in [5.41, 5.74) is 2.84. The molecule has 5 heteroatoms. The van der Waals surface area contributed by atoms with Crippen molar-refractivity contribution < 1.29 is 14.6 Å². The quantitative estimate of drug-likeness (QED) is 0.782. The lowest BCUT2D eigenvalue weighted by atomic mass is 10.1. The fourth-order valence-electron chi connectivity index (χ4n) is 2.14. The van der Waals surface area contributed by atoms with Crippen LogP contribution < -0.4 is 0 Å². The minimum absolute atomic E-state index is 0.0130. The van der Waals surface area contributed by atoms with Gasteiger partial charge in [0.05, 0.1) is 6.61 Å². The van der Waals surface area contributed by atoms with Crippen molar-refractivity contribution in [2.24, 2.45) is 0 Å². The summed E-state index contributed by atoms with van der Waals surface area (Å²) in [4.78, 5) is 6.15. The van der Waals surface area contributed by atoms with E-state index in [0.717, 1.165) is 24.1 Å². The van der Waals surface area contributed by atoms with E-state index in [1.165, 1.54) is 12.0 Å². The molecule has 0 aliphatic rings. The first-order valence-electron chi connectivity index (χ1n) is 6.48. The van der Waals surface area contributed by atoms with Gasteiger partial charge < -0.3 is 19.5 Å². The SMILES string of the molecule is CN(CCc1ccc2ncoc2c1)C(CO)CCO. The van der Waals surface area contributed by atoms with E-state index in [1.807, 2.05) is 25.2 Å². The molecule has 0 saturated heterocycles. The van der Waals surface area contributed by atoms with Gasteiger partial charge in [0.25, 0.3) is 0 Å². The average molecular weight is 264 g/mol. The normalized spacial score (nSPS) is 13.3. The van der Waals surface area contributed by atoms with Crippen molar-refractivity contribution >= 4 is 11.1 Å². The van der Waals surface area contributed by atoms with Gasteiger partial charge >= 0.3 is 0 Å². The van der Waals surface area contributed by atoms with Gasteiger partial charge in [0.15, 0.2) is 12.0 Å². The lowest BCUT2D eigenvalue weighted by molar-refractivity contribution is 0.120. The fraction of sp³-hybridized carbons (Fsp3) is 0.500. The van der Waals surface area contributed by atoms with Crippen LogP contribution in [0.1, 0.15) is 12.0 Å². The molecule has 0 amide bonds. The molecule has 2 aromatic rings. The highest BCUT2D eigenvalue weighted by atomic mass is 16.3. The summed E-state index contributed by atoms with van der Waals surface area (Å²) in [6.07, 6.45) is 2.91.